The van der Waals surface area contributed by atoms with Gasteiger partial charge in [0.1, 0.15) is 10.9 Å². The van der Waals surface area contributed by atoms with Crippen LogP contribution < -0.4 is 10.2 Å². The van der Waals surface area contributed by atoms with Crippen molar-refractivity contribution in [3.05, 3.63) is 107 Å². The van der Waals surface area contributed by atoms with E-state index < -0.39 is 0 Å². The molecule has 3 aromatic carbocycles. The number of nitrogens with one attached hydrogen (secondary N) is 1. The Morgan fingerprint density at radius 1 is 0.806 bits per heavy atom. The molecule has 1 fully saturated rings. The van der Waals surface area contributed by atoms with Crippen LogP contribution in [0.2, 0.25) is 0 Å². The largest absolute Gasteiger partial charge is 0.350 e. The summed E-state index contributed by atoms with van der Waals surface area (Å²) in [7, 11) is 0. The standard InChI is InChI=1S/C28H23N3O3S2/c32-23(29-17-20-11-5-2-6-12-20)18-31-22-14-8-7-13-21(22)24(26(31)33)25-27(34)30(28(35)36-25)16-15-19-9-3-1-4-10-19/h1-14H,15-18H2,(H,29,32)/b25-24-. The predicted octanol–water partition coefficient (Wildman–Crippen LogP) is 4.16. The van der Waals surface area contributed by atoms with Crippen molar-refractivity contribution in [3.63, 3.8) is 0 Å². The quantitative estimate of drug-likeness (QED) is 0.380. The number of para-hydroxylation sites is 1. The van der Waals surface area contributed by atoms with Gasteiger partial charge in [-0.05, 0) is 23.6 Å². The van der Waals surface area contributed by atoms with Crippen LogP contribution in [-0.4, -0.2) is 40.0 Å². The molecule has 0 unspecified atom stereocenters. The van der Waals surface area contributed by atoms with Gasteiger partial charge in [-0.2, -0.15) is 0 Å². The second-order valence-electron chi connectivity index (χ2n) is 8.44. The molecule has 0 bridgehead atoms. The number of thioether (sulfide) groups is 1. The van der Waals surface area contributed by atoms with Gasteiger partial charge < -0.3 is 5.32 Å². The Morgan fingerprint density at radius 2 is 1.44 bits per heavy atom. The summed E-state index contributed by atoms with van der Waals surface area (Å²) in [4.78, 5) is 43.0. The summed E-state index contributed by atoms with van der Waals surface area (Å²) in [5, 5.41) is 2.87. The van der Waals surface area contributed by atoms with Gasteiger partial charge in [0.2, 0.25) is 5.91 Å². The lowest BCUT2D eigenvalue weighted by molar-refractivity contribution is -0.122. The number of anilines is 1. The number of rotatable bonds is 7. The number of fused-ring (bicyclic) bond motifs is 1. The third-order valence-corrected chi connectivity index (χ3v) is 7.55. The van der Waals surface area contributed by atoms with Crippen LogP contribution in [0, 0.1) is 0 Å². The van der Waals surface area contributed by atoms with Crippen molar-refractivity contribution >= 4 is 57.3 Å². The van der Waals surface area contributed by atoms with E-state index in [9.17, 15) is 14.4 Å². The van der Waals surface area contributed by atoms with Gasteiger partial charge in [0.05, 0.1) is 16.2 Å². The maximum atomic E-state index is 13.6. The summed E-state index contributed by atoms with van der Waals surface area (Å²) >= 11 is 6.66. The van der Waals surface area contributed by atoms with E-state index in [-0.39, 0.29) is 24.3 Å². The Kier molecular flexibility index (Phi) is 6.97. The number of benzene rings is 3. The minimum atomic E-state index is -0.366. The molecule has 0 radical (unpaired) electrons. The molecule has 3 amide bonds. The lowest BCUT2D eigenvalue weighted by atomic mass is 10.1. The second-order valence-corrected chi connectivity index (χ2v) is 10.1. The fraction of sp³-hybridized carbons (Fsp3) is 0.143. The predicted molar refractivity (Wildman–Crippen MR) is 146 cm³/mol. The molecule has 0 aliphatic carbocycles. The molecule has 36 heavy (non-hydrogen) atoms. The molecule has 1 N–H and O–H groups in total. The molecule has 5 rings (SSSR count). The summed E-state index contributed by atoms with van der Waals surface area (Å²) in [5.41, 5.74) is 3.64. The fourth-order valence-electron chi connectivity index (χ4n) is 4.28. The normalized spacial score (nSPS) is 17.1. The molecule has 0 atom stereocenters. The van der Waals surface area contributed by atoms with Crippen molar-refractivity contribution in [2.45, 2.75) is 13.0 Å². The summed E-state index contributed by atoms with van der Waals surface area (Å²) in [6.07, 6.45) is 0.661. The number of hydrogen-bond acceptors (Lipinski definition) is 5. The molecule has 1 saturated heterocycles. The highest BCUT2D eigenvalue weighted by Gasteiger charge is 2.42. The number of carbonyl (C=O) groups is 3. The van der Waals surface area contributed by atoms with Crippen molar-refractivity contribution in [2.75, 3.05) is 18.0 Å². The smallest absolute Gasteiger partial charge is 0.267 e. The van der Waals surface area contributed by atoms with E-state index in [4.69, 9.17) is 12.2 Å². The molecule has 3 aromatic rings. The van der Waals surface area contributed by atoms with Crippen LogP contribution >= 0.6 is 24.0 Å². The van der Waals surface area contributed by atoms with Crippen molar-refractivity contribution in [3.8, 4) is 0 Å². The Bertz CT molecular complexity index is 1370. The molecule has 180 valence electrons. The first-order valence-corrected chi connectivity index (χ1v) is 12.8. The topological polar surface area (TPSA) is 69.7 Å². The third kappa shape index (κ3) is 4.82. The molecule has 6 nitrogen and oxygen atoms in total. The Labute approximate surface area is 219 Å². The Hall–Kier alpha value is -3.75. The van der Waals surface area contributed by atoms with Crippen molar-refractivity contribution < 1.29 is 14.4 Å². The highest BCUT2D eigenvalue weighted by Crippen LogP contribution is 2.44. The van der Waals surface area contributed by atoms with Crippen molar-refractivity contribution in [1.82, 2.24) is 10.2 Å². The molecule has 2 aliphatic rings. The van der Waals surface area contributed by atoms with Gasteiger partial charge in [-0.1, -0.05) is 103 Å². The zero-order chi connectivity index (χ0) is 25.1. The van der Waals surface area contributed by atoms with Gasteiger partial charge in [-0.15, -0.1) is 0 Å². The first kappa shape index (κ1) is 24.0. The molecule has 8 heteroatoms. The van der Waals surface area contributed by atoms with Crippen LogP contribution in [0.5, 0.6) is 0 Å². The van der Waals surface area contributed by atoms with Gasteiger partial charge in [-0.25, -0.2) is 0 Å². The lowest BCUT2D eigenvalue weighted by Crippen LogP contribution is -2.38. The fourth-order valence-corrected chi connectivity index (χ4v) is 5.66. The zero-order valence-corrected chi connectivity index (χ0v) is 21.0. The van der Waals surface area contributed by atoms with E-state index in [0.29, 0.717) is 45.6 Å². The summed E-state index contributed by atoms with van der Waals surface area (Å²) < 4.78 is 0.433. The maximum Gasteiger partial charge on any atom is 0.267 e. The third-order valence-electron chi connectivity index (χ3n) is 6.10. The highest BCUT2D eigenvalue weighted by molar-refractivity contribution is 8.26. The van der Waals surface area contributed by atoms with Gasteiger partial charge in [0, 0.05) is 18.7 Å². The Morgan fingerprint density at radius 3 is 2.17 bits per heavy atom. The lowest BCUT2D eigenvalue weighted by Gasteiger charge is -2.17. The van der Waals surface area contributed by atoms with E-state index in [1.165, 1.54) is 4.90 Å². The van der Waals surface area contributed by atoms with E-state index in [0.717, 1.165) is 22.9 Å². The summed E-state index contributed by atoms with van der Waals surface area (Å²) in [6, 6.07) is 26.7. The number of hydrogen-bond donors (Lipinski definition) is 1. The van der Waals surface area contributed by atoms with Gasteiger partial charge in [0.15, 0.2) is 0 Å². The second kappa shape index (κ2) is 10.5. The van der Waals surface area contributed by atoms with Crippen LogP contribution in [0.1, 0.15) is 16.7 Å². The SMILES string of the molecule is O=C(CN1C(=O)/C(=C2\SC(=S)N(CCc3ccccc3)C2=O)c2ccccc21)NCc1ccccc1. The maximum absolute atomic E-state index is 13.6. The van der Waals surface area contributed by atoms with Crippen LogP contribution in [0.25, 0.3) is 5.57 Å². The summed E-state index contributed by atoms with van der Waals surface area (Å²) in [5.74, 6) is -0.914. The number of carbonyl (C=O) groups excluding carboxylic acids is 3. The van der Waals surface area contributed by atoms with Crippen LogP contribution in [-0.2, 0) is 27.3 Å². The zero-order valence-electron chi connectivity index (χ0n) is 19.3. The molecular formula is C28H23N3O3S2. The number of amides is 3. The molecule has 0 saturated carbocycles. The highest BCUT2D eigenvalue weighted by atomic mass is 32.2. The number of thiocarbonyl (C=S) groups is 1. The number of nitrogens with zero attached hydrogens (tertiary/aromatic N) is 2. The minimum absolute atomic E-state index is 0.138. The van der Waals surface area contributed by atoms with E-state index in [1.807, 2.05) is 72.8 Å². The first-order chi connectivity index (χ1) is 17.5. The van der Waals surface area contributed by atoms with E-state index in [1.54, 1.807) is 17.0 Å². The molecule has 2 aliphatic heterocycles. The van der Waals surface area contributed by atoms with Gasteiger partial charge >= 0.3 is 0 Å². The van der Waals surface area contributed by atoms with Crippen molar-refractivity contribution in [2.24, 2.45) is 0 Å². The monoisotopic (exact) mass is 513 g/mol. The minimum Gasteiger partial charge on any atom is -0.350 e. The molecule has 2 heterocycles. The van der Waals surface area contributed by atoms with E-state index in [2.05, 4.69) is 5.32 Å². The first-order valence-electron chi connectivity index (χ1n) is 11.6. The van der Waals surface area contributed by atoms with Crippen molar-refractivity contribution in [1.29, 1.82) is 0 Å². The molecule has 0 spiro atoms. The van der Waals surface area contributed by atoms with Crippen LogP contribution in [0.15, 0.2) is 89.8 Å². The van der Waals surface area contributed by atoms with Gasteiger partial charge in [-0.3, -0.25) is 24.2 Å². The van der Waals surface area contributed by atoms with Crippen LogP contribution in [0.4, 0.5) is 5.69 Å². The summed E-state index contributed by atoms with van der Waals surface area (Å²) in [6.45, 7) is 0.670. The van der Waals surface area contributed by atoms with E-state index >= 15 is 0 Å². The molecule has 0 aromatic heterocycles. The van der Waals surface area contributed by atoms with Crippen LogP contribution in [0.3, 0.4) is 0 Å². The average Bonchev–Trinajstić information content (AvgIpc) is 3.34. The van der Waals surface area contributed by atoms with Gasteiger partial charge in [0.25, 0.3) is 11.8 Å². The molecular weight excluding hydrogens is 490 g/mol. The Balaban J connectivity index is 1.35. The average molecular weight is 514 g/mol.